The summed E-state index contributed by atoms with van der Waals surface area (Å²) < 4.78 is 0. The maximum absolute atomic E-state index is 12.0. The Kier molecular flexibility index (Phi) is 6.77. The zero-order valence-electron chi connectivity index (χ0n) is 14.2. The Morgan fingerprint density at radius 1 is 0.880 bits per heavy atom. The molecule has 2 aromatic carbocycles. The average molecular weight is 356 g/mol. The molecule has 0 atom stereocenters. The smallest absolute Gasteiger partial charge is 0.234 e. The molecule has 0 saturated heterocycles. The third kappa shape index (κ3) is 6.08. The molecule has 2 amide bonds. The van der Waals surface area contributed by atoms with Gasteiger partial charge in [0.1, 0.15) is 0 Å². The molecule has 0 aromatic heterocycles. The van der Waals surface area contributed by atoms with Gasteiger partial charge in [0.05, 0.1) is 17.2 Å². The van der Waals surface area contributed by atoms with Crippen LogP contribution in [0, 0.1) is 6.92 Å². The molecule has 130 valence electrons. The number of carbonyl (C=O) groups is 3. The highest BCUT2D eigenvalue weighted by atomic mass is 32.2. The molecule has 0 bridgehead atoms. The number of hydrogen-bond donors (Lipinski definition) is 2. The number of aryl methyl sites for hydroxylation is 1. The highest BCUT2D eigenvalue weighted by Crippen LogP contribution is 2.16. The Morgan fingerprint density at radius 2 is 1.48 bits per heavy atom. The first-order chi connectivity index (χ1) is 12.0. The zero-order valence-corrected chi connectivity index (χ0v) is 15.0. The van der Waals surface area contributed by atoms with E-state index in [0.29, 0.717) is 11.3 Å². The average Bonchev–Trinajstić information content (AvgIpc) is 2.57. The fraction of sp³-hybridized carbons (Fsp3) is 0.211. The number of thioether (sulfide) groups is 1. The molecule has 25 heavy (non-hydrogen) atoms. The lowest BCUT2D eigenvalue weighted by Gasteiger charge is -2.09. The second-order valence-corrected chi connectivity index (χ2v) is 6.54. The number of para-hydroxylation sites is 1. The number of benzene rings is 2. The molecule has 0 unspecified atom stereocenters. The molecular weight excluding hydrogens is 336 g/mol. The second-order valence-electron chi connectivity index (χ2n) is 5.56. The van der Waals surface area contributed by atoms with Gasteiger partial charge in [0.2, 0.25) is 11.8 Å². The van der Waals surface area contributed by atoms with Crippen LogP contribution in [0.1, 0.15) is 22.8 Å². The van der Waals surface area contributed by atoms with Crippen LogP contribution in [0.25, 0.3) is 0 Å². The molecule has 0 radical (unpaired) electrons. The first kappa shape index (κ1) is 18.7. The molecule has 2 aromatic rings. The largest absolute Gasteiger partial charge is 0.325 e. The fourth-order valence-corrected chi connectivity index (χ4v) is 2.77. The summed E-state index contributed by atoms with van der Waals surface area (Å²) in [5, 5.41) is 5.49. The van der Waals surface area contributed by atoms with E-state index in [1.807, 2.05) is 31.2 Å². The summed E-state index contributed by atoms with van der Waals surface area (Å²) in [6.07, 6.45) is 0. The number of amides is 2. The maximum Gasteiger partial charge on any atom is 0.234 e. The van der Waals surface area contributed by atoms with Crippen molar-refractivity contribution in [1.29, 1.82) is 0 Å². The number of nitrogens with one attached hydrogen (secondary N) is 2. The molecule has 0 spiro atoms. The van der Waals surface area contributed by atoms with Crippen LogP contribution in [0.3, 0.4) is 0 Å². The Bertz CT molecular complexity index is 772. The molecule has 0 aliphatic carbocycles. The minimum Gasteiger partial charge on any atom is -0.325 e. The van der Waals surface area contributed by atoms with Crippen molar-refractivity contribution < 1.29 is 14.4 Å². The van der Waals surface area contributed by atoms with Gasteiger partial charge in [0, 0.05) is 11.3 Å². The van der Waals surface area contributed by atoms with Crippen LogP contribution >= 0.6 is 11.8 Å². The molecule has 0 fully saturated rings. The van der Waals surface area contributed by atoms with Crippen LogP contribution in [0.4, 0.5) is 11.4 Å². The number of Topliss-reactive ketones (excluding diaryl/α,β-unsaturated/α-hetero) is 1. The number of hydrogen-bond acceptors (Lipinski definition) is 4. The third-order valence-corrected chi connectivity index (χ3v) is 4.31. The van der Waals surface area contributed by atoms with Gasteiger partial charge in [-0.3, -0.25) is 14.4 Å². The normalized spacial score (nSPS) is 10.2. The lowest BCUT2D eigenvalue weighted by molar-refractivity contribution is -0.114. The number of anilines is 2. The van der Waals surface area contributed by atoms with Gasteiger partial charge >= 0.3 is 0 Å². The minimum atomic E-state index is -0.248. The minimum absolute atomic E-state index is 0.110. The summed E-state index contributed by atoms with van der Waals surface area (Å²) in [5.41, 5.74) is 2.81. The standard InChI is InChI=1S/C19H20N2O3S/c1-13-7-9-15(10-8-13)20-18(23)11-25-12-19(24)21-17-6-4-3-5-16(17)14(2)22/h3-10H,11-12H2,1-2H3,(H,20,23)(H,21,24). The van der Waals surface area contributed by atoms with Gasteiger partial charge in [0.15, 0.2) is 5.78 Å². The van der Waals surface area contributed by atoms with E-state index in [9.17, 15) is 14.4 Å². The first-order valence-corrected chi connectivity index (χ1v) is 8.95. The van der Waals surface area contributed by atoms with E-state index < -0.39 is 0 Å². The van der Waals surface area contributed by atoms with Crippen LogP contribution in [0.15, 0.2) is 48.5 Å². The van der Waals surface area contributed by atoms with Gasteiger partial charge < -0.3 is 10.6 Å². The number of rotatable bonds is 7. The van der Waals surface area contributed by atoms with Gasteiger partial charge in [-0.2, -0.15) is 0 Å². The maximum atomic E-state index is 12.0. The quantitative estimate of drug-likeness (QED) is 0.745. The van der Waals surface area contributed by atoms with Crippen molar-refractivity contribution in [2.75, 3.05) is 22.1 Å². The van der Waals surface area contributed by atoms with Gasteiger partial charge in [-0.05, 0) is 38.1 Å². The van der Waals surface area contributed by atoms with Crippen molar-refractivity contribution in [2.45, 2.75) is 13.8 Å². The number of carbonyl (C=O) groups excluding carboxylic acids is 3. The van der Waals surface area contributed by atoms with Crippen LogP contribution in [0.2, 0.25) is 0 Å². The topological polar surface area (TPSA) is 75.3 Å². The lowest BCUT2D eigenvalue weighted by atomic mass is 10.1. The summed E-state index contributed by atoms with van der Waals surface area (Å²) >= 11 is 1.22. The van der Waals surface area contributed by atoms with Gasteiger partial charge in [0.25, 0.3) is 0 Å². The van der Waals surface area contributed by atoms with E-state index in [4.69, 9.17) is 0 Å². The molecule has 2 rings (SSSR count). The van der Waals surface area contributed by atoms with Gasteiger partial charge in [-0.25, -0.2) is 0 Å². The van der Waals surface area contributed by atoms with Crippen molar-refractivity contribution in [1.82, 2.24) is 0 Å². The van der Waals surface area contributed by atoms with Crippen LogP contribution in [-0.2, 0) is 9.59 Å². The fourth-order valence-electron chi connectivity index (χ4n) is 2.16. The van der Waals surface area contributed by atoms with E-state index >= 15 is 0 Å². The summed E-state index contributed by atoms with van der Waals surface area (Å²) in [5.74, 6) is -0.211. The van der Waals surface area contributed by atoms with E-state index in [-0.39, 0.29) is 29.1 Å². The van der Waals surface area contributed by atoms with E-state index in [1.54, 1.807) is 24.3 Å². The molecule has 5 nitrogen and oxygen atoms in total. The highest BCUT2D eigenvalue weighted by molar-refractivity contribution is 8.00. The first-order valence-electron chi connectivity index (χ1n) is 7.80. The Labute approximate surface area is 151 Å². The Hall–Kier alpha value is -2.60. The van der Waals surface area contributed by atoms with E-state index in [2.05, 4.69) is 10.6 Å². The predicted octanol–water partition coefficient (Wildman–Crippen LogP) is 3.51. The second kappa shape index (κ2) is 9.03. The third-order valence-electron chi connectivity index (χ3n) is 3.38. The molecule has 6 heteroatoms. The van der Waals surface area contributed by atoms with Gasteiger partial charge in [-0.15, -0.1) is 11.8 Å². The highest BCUT2D eigenvalue weighted by Gasteiger charge is 2.10. The summed E-state index contributed by atoms with van der Waals surface area (Å²) in [4.78, 5) is 35.4. The summed E-state index contributed by atoms with van der Waals surface area (Å²) in [6, 6.07) is 14.4. The molecule has 0 saturated carbocycles. The van der Waals surface area contributed by atoms with E-state index in [0.717, 1.165) is 11.3 Å². The van der Waals surface area contributed by atoms with Crippen molar-refractivity contribution in [3.63, 3.8) is 0 Å². The molecule has 0 aliphatic heterocycles. The van der Waals surface area contributed by atoms with Gasteiger partial charge in [-0.1, -0.05) is 29.8 Å². The monoisotopic (exact) mass is 356 g/mol. The lowest BCUT2D eigenvalue weighted by Crippen LogP contribution is -2.19. The molecule has 0 aliphatic rings. The Morgan fingerprint density at radius 3 is 2.12 bits per heavy atom. The van der Waals surface area contributed by atoms with Crippen molar-refractivity contribution in [3.05, 3.63) is 59.7 Å². The number of ketones is 1. The zero-order chi connectivity index (χ0) is 18.2. The van der Waals surface area contributed by atoms with Crippen molar-refractivity contribution >= 4 is 40.7 Å². The summed E-state index contributed by atoms with van der Waals surface area (Å²) in [6.45, 7) is 3.43. The molecule has 0 heterocycles. The summed E-state index contributed by atoms with van der Waals surface area (Å²) in [7, 11) is 0. The predicted molar refractivity (Wildman–Crippen MR) is 102 cm³/mol. The SMILES string of the molecule is CC(=O)c1ccccc1NC(=O)CSCC(=O)Nc1ccc(C)cc1. The molecule has 2 N–H and O–H groups in total. The van der Waals surface area contributed by atoms with Crippen LogP contribution in [0.5, 0.6) is 0 Å². The molecular formula is C19H20N2O3S. The van der Waals surface area contributed by atoms with Crippen molar-refractivity contribution in [2.24, 2.45) is 0 Å². The van der Waals surface area contributed by atoms with Crippen molar-refractivity contribution in [3.8, 4) is 0 Å². The van der Waals surface area contributed by atoms with E-state index in [1.165, 1.54) is 18.7 Å². The van der Waals surface area contributed by atoms with Crippen LogP contribution in [-0.4, -0.2) is 29.1 Å². The Balaban J connectivity index is 1.78. The van der Waals surface area contributed by atoms with Crippen LogP contribution < -0.4 is 10.6 Å².